The van der Waals surface area contributed by atoms with Gasteiger partial charge in [-0.15, -0.1) is 0 Å². The Balaban J connectivity index is 3.00. The molecule has 3 heteroatoms. The van der Waals surface area contributed by atoms with E-state index in [1.807, 2.05) is 0 Å². The van der Waals surface area contributed by atoms with Crippen molar-refractivity contribution in [3.05, 3.63) is 39.9 Å². The standard InChI is InChI=1S/C9H5Cl2O/c10-8-4-7(2-1-3-12)5-9(11)6-8/h1-2,4-6H. The van der Waals surface area contributed by atoms with Gasteiger partial charge in [-0.1, -0.05) is 29.3 Å². The van der Waals surface area contributed by atoms with Gasteiger partial charge in [-0.25, -0.2) is 0 Å². The van der Waals surface area contributed by atoms with E-state index in [4.69, 9.17) is 23.2 Å². The first-order valence-electron chi connectivity index (χ1n) is 3.22. The van der Waals surface area contributed by atoms with Crippen molar-refractivity contribution in [1.82, 2.24) is 0 Å². The number of rotatable bonds is 2. The average Bonchev–Trinajstić information content (AvgIpc) is 1.99. The van der Waals surface area contributed by atoms with Crippen LogP contribution >= 0.6 is 23.2 Å². The largest absolute Gasteiger partial charge is 0.286 e. The van der Waals surface area contributed by atoms with Crippen molar-refractivity contribution < 1.29 is 4.79 Å². The quantitative estimate of drug-likeness (QED) is 0.670. The highest BCUT2D eigenvalue weighted by molar-refractivity contribution is 6.34. The number of hydrogen-bond donors (Lipinski definition) is 0. The Morgan fingerprint density at radius 2 is 1.75 bits per heavy atom. The fraction of sp³-hybridized carbons (Fsp3) is 0. The topological polar surface area (TPSA) is 17.1 Å². The van der Waals surface area contributed by atoms with Gasteiger partial charge in [0, 0.05) is 10.0 Å². The van der Waals surface area contributed by atoms with Crippen LogP contribution in [0.25, 0.3) is 6.08 Å². The molecule has 0 saturated carbocycles. The third-order valence-electron chi connectivity index (χ3n) is 1.23. The summed E-state index contributed by atoms with van der Waals surface area (Å²) in [5.74, 6) is 0. The highest BCUT2D eigenvalue weighted by Gasteiger charge is 1.93. The molecule has 61 valence electrons. The highest BCUT2D eigenvalue weighted by Crippen LogP contribution is 2.19. The Hall–Kier alpha value is -0.790. The summed E-state index contributed by atoms with van der Waals surface area (Å²) in [4.78, 5) is 9.87. The van der Waals surface area contributed by atoms with Crippen LogP contribution in [0.5, 0.6) is 0 Å². The van der Waals surface area contributed by atoms with Crippen molar-refractivity contribution in [3.8, 4) is 0 Å². The second kappa shape index (κ2) is 4.29. The molecule has 0 saturated heterocycles. The zero-order valence-corrected chi connectivity index (χ0v) is 7.56. The summed E-state index contributed by atoms with van der Waals surface area (Å²) in [6, 6.07) is 5.05. The molecule has 0 fully saturated rings. The molecule has 1 aromatic rings. The number of hydrogen-bond acceptors (Lipinski definition) is 1. The number of halogens is 2. The summed E-state index contributed by atoms with van der Waals surface area (Å²) in [7, 11) is 0. The maximum Gasteiger partial charge on any atom is 0.225 e. The van der Waals surface area contributed by atoms with E-state index >= 15 is 0 Å². The Kier molecular flexibility index (Phi) is 3.32. The van der Waals surface area contributed by atoms with Gasteiger partial charge in [0.05, 0.1) is 0 Å². The minimum Gasteiger partial charge on any atom is -0.286 e. The van der Waals surface area contributed by atoms with Crippen LogP contribution in [0, 0.1) is 0 Å². The third kappa shape index (κ3) is 2.68. The third-order valence-corrected chi connectivity index (χ3v) is 1.67. The minimum atomic E-state index is 0.549. The van der Waals surface area contributed by atoms with E-state index in [9.17, 15) is 4.79 Å². The molecular weight excluding hydrogens is 195 g/mol. The monoisotopic (exact) mass is 199 g/mol. The molecule has 0 bridgehead atoms. The van der Waals surface area contributed by atoms with Crippen molar-refractivity contribution in [2.24, 2.45) is 0 Å². The fourth-order valence-electron chi connectivity index (χ4n) is 0.802. The lowest BCUT2D eigenvalue weighted by Crippen LogP contribution is -1.73. The SMILES string of the molecule is O=[C]C=Cc1cc(Cl)cc(Cl)c1. The number of carbonyl (C=O) groups excluding carboxylic acids is 1. The first kappa shape index (κ1) is 9.30. The Bertz CT molecular complexity index is 298. The van der Waals surface area contributed by atoms with E-state index in [-0.39, 0.29) is 0 Å². The van der Waals surface area contributed by atoms with Crippen LogP contribution in [0.4, 0.5) is 0 Å². The number of benzene rings is 1. The van der Waals surface area contributed by atoms with Crippen LogP contribution in [0.3, 0.4) is 0 Å². The van der Waals surface area contributed by atoms with Crippen molar-refractivity contribution in [2.45, 2.75) is 0 Å². The molecule has 1 radical (unpaired) electrons. The minimum absolute atomic E-state index is 0.549. The Morgan fingerprint density at radius 3 is 2.25 bits per heavy atom. The molecule has 0 aromatic heterocycles. The molecule has 1 nitrogen and oxygen atoms in total. The van der Waals surface area contributed by atoms with Crippen molar-refractivity contribution in [2.75, 3.05) is 0 Å². The van der Waals surface area contributed by atoms with E-state index in [1.165, 1.54) is 6.08 Å². The summed E-state index contributed by atoms with van der Waals surface area (Å²) < 4.78 is 0. The van der Waals surface area contributed by atoms with Crippen molar-refractivity contribution in [1.29, 1.82) is 0 Å². The first-order chi connectivity index (χ1) is 5.72. The van der Waals surface area contributed by atoms with Gasteiger partial charge in [0.2, 0.25) is 6.29 Å². The van der Waals surface area contributed by atoms with Crippen LogP contribution in [-0.4, -0.2) is 6.29 Å². The summed E-state index contributed by atoms with van der Waals surface area (Å²) in [5, 5.41) is 1.10. The normalized spacial score (nSPS) is 10.5. The first-order valence-corrected chi connectivity index (χ1v) is 3.98. The molecule has 0 N–H and O–H groups in total. The Morgan fingerprint density at radius 1 is 1.17 bits per heavy atom. The lowest BCUT2D eigenvalue weighted by molar-refractivity contribution is 0.564. The zero-order chi connectivity index (χ0) is 8.97. The van der Waals surface area contributed by atoms with E-state index in [2.05, 4.69) is 0 Å². The summed E-state index contributed by atoms with van der Waals surface area (Å²) in [6.07, 6.45) is 4.49. The zero-order valence-electron chi connectivity index (χ0n) is 6.05. The second-order valence-corrected chi connectivity index (χ2v) is 3.03. The second-order valence-electron chi connectivity index (χ2n) is 2.15. The summed E-state index contributed by atoms with van der Waals surface area (Å²) >= 11 is 11.4. The summed E-state index contributed by atoms with van der Waals surface area (Å²) in [6.45, 7) is 0. The highest BCUT2D eigenvalue weighted by atomic mass is 35.5. The molecule has 0 spiro atoms. The lowest BCUT2D eigenvalue weighted by atomic mass is 10.2. The molecule has 0 aliphatic heterocycles. The molecule has 0 amide bonds. The molecule has 0 atom stereocenters. The predicted octanol–water partition coefficient (Wildman–Crippen LogP) is 3.12. The lowest BCUT2D eigenvalue weighted by Gasteiger charge is -1.95. The molecule has 0 unspecified atom stereocenters. The molecular formula is C9H5Cl2O. The maximum atomic E-state index is 9.87. The Labute approximate surface area is 80.6 Å². The van der Waals surface area contributed by atoms with Gasteiger partial charge >= 0.3 is 0 Å². The van der Waals surface area contributed by atoms with Gasteiger partial charge in [-0.05, 0) is 29.8 Å². The molecule has 1 aromatic carbocycles. The summed E-state index contributed by atoms with van der Waals surface area (Å²) in [5.41, 5.74) is 0.788. The van der Waals surface area contributed by atoms with Gasteiger partial charge in [0.1, 0.15) is 0 Å². The van der Waals surface area contributed by atoms with Crippen LogP contribution in [0.1, 0.15) is 5.56 Å². The van der Waals surface area contributed by atoms with Crippen molar-refractivity contribution >= 4 is 35.6 Å². The van der Waals surface area contributed by atoms with Crippen molar-refractivity contribution in [3.63, 3.8) is 0 Å². The average molecular weight is 200 g/mol. The van der Waals surface area contributed by atoms with Gasteiger partial charge in [0.25, 0.3) is 0 Å². The predicted molar refractivity (Wildman–Crippen MR) is 51.2 cm³/mol. The van der Waals surface area contributed by atoms with Crippen LogP contribution in [0.15, 0.2) is 24.3 Å². The fourth-order valence-corrected chi connectivity index (χ4v) is 1.34. The molecule has 0 aliphatic rings. The molecule has 12 heavy (non-hydrogen) atoms. The number of allylic oxidation sites excluding steroid dienone is 1. The smallest absolute Gasteiger partial charge is 0.225 e. The molecule has 1 rings (SSSR count). The van der Waals surface area contributed by atoms with E-state index < -0.39 is 0 Å². The maximum absolute atomic E-state index is 9.87. The van der Waals surface area contributed by atoms with Crippen LogP contribution < -0.4 is 0 Å². The van der Waals surface area contributed by atoms with E-state index in [0.717, 1.165) is 5.56 Å². The molecule has 0 aliphatic carbocycles. The van der Waals surface area contributed by atoms with Crippen LogP contribution in [0.2, 0.25) is 10.0 Å². The van der Waals surface area contributed by atoms with Gasteiger partial charge in [-0.2, -0.15) is 0 Å². The van der Waals surface area contributed by atoms with E-state index in [0.29, 0.717) is 10.0 Å². The van der Waals surface area contributed by atoms with Gasteiger partial charge < -0.3 is 0 Å². The van der Waals surface area contributed by atoms with Gasteiger partial charge in [-0.3, -0.25) is 4.79 Å². The van der Waals surface area contributed by atoms with E-state index in [1.54, 1.807) is 30.6 Å². The molecule has 0 heterocycles. The van der Waals surface area contributed by atoms with Gasteiger partial charge in [0.15, 0.2) is 0 Å². The van der Waals surface area contributed by atoms with Crippen LogP contribution in [-0.2, 0) is 4.79 Å².